The van der Waals surface area contributed by atoms with Gasteiger partial charge in [-0.2, -0.15) is 5.10 Å². The summed E-state index contributed by atoms with van der Waals surface area (Å²) >= 11 is 12.6. The Bertz CT molecular complexity index is 1310. The minimum atomic E-state index is -0.340. The maximum absolute atomic E-state index is 6.29. The van der Waals surface area contributed by atoms with Gasteiger partial charge in [0, 0.05) is 66.7 Å². The predicted octanol–water partition coefficient (Wildman–Crippen LogP) is 4.88. The van der Waals surface area contributed by atoms with Crippen LogP contribution in [-0.4, -0.2) is 46.3 Å². The molecule has 2 aliphatic heterocycles. The lowest BCUT2D eigenvalue weighted by molar-refractivity contribution is 0.120. The standard InChI is InChI=1S/C24H22Cl2N6O/c1-14(22-18(25)8-27-9-19(22)26)33-16-3-4-20-17(6-16)23(31-30-20)15-2-5-21(29-7-15)32-12-24(13-32)10-28-11-24/h2-9,14,28H,10-13H2,1H3,(H,30,31)/t14-/m1/s1. The largest absolute Gasteiger partial charge is 0.486 e. The number of pyridine rings is 2. The fraction of sp³-hybridized carbons (Fsp3) is 0.292. The molecule has 1 spiro atoms. The average molecular weight is 481 g/mol. The van der Waals surface area contributed by atoms with Gasteiger partial charge in [-0.1, -0.05) is 23.2 Å². The zero-order valence-corrected chi connectivity index (χ0v) is 19.5. The van der Waals surface area contributed by atoms with Crippen LogP contribution in [0.15, 0.2) is 48.9 Å². The number of anilines is 1. The molecule has 0 saturated carbocycles. The van der Waals surface area contributed by atoms with E-state index >= 15 is 0 Å². The fourth-order valence-electron chi connectivity index (χ4n) is 4.70. The molecule has 0 bridgehead atoms. The lowest BCUT2D eigenvalue weighted by atomic mass is 9.74. The van der Waals surface area contributed by atoms with Crippen LogP contribution in [0.2, 0.25) is 10.0 Å². The molecule has 2 saturated heterocycles. The van der Waals surface area contributed by atoms with Crippen molar-refractivity contribution in [2.45, 2.75) is 13.0 Å². The monoisotopic (exact) mass is 480 g/mol. The summed E-state index contributed by atoms with van der Waals surface area (Å²) in [5, 5.41) is 12.9. The number of rotatable bonds is 5. The van der Waals surface area contributed by atoms with Gasteiger partial charge in [0.05, 0.1) is 15.6 Å². The van der Waals surface area contributed by atoms with Crippen molar-refractivity contribution in [2.24, 2.45) is 5.41 Å². The second kappa shape index (κ2) is 7.87. The molecule has 7 nitrogen and oxygen atoms in total. The average Bonchev–Trinajstić information content (AvgIpc) is 3.15. The van der Waals surface area contributed by atoms with Gasteiger partial charge in [0.25, 0.3) is 0 Å². The van der Waals surface area contributed by atoms with Gasteiger partial charge in [0.1, 0.15) is 23.4 Å². The van der Waals surface area contributed by atoms with E-state index in [9.17, 15) is 0 Å². The van der Waals surface area contributed by atoms with Crippen molar-refractivity contribution < 1.29 is 4.74 Å². The third-order valence-electron chi connectivity index (χ3n) is 6.54. The topological polar surface area (TPSA) is 79.0 Å². The van der Waals surface area contributed by atoms with Gasteiger partial charge in [0.2, 0.25) is 0 Å². The molecule has 0 unspecified atom stereocenters. The summed E-state index contributed by atoms with van der Waals surface area (Å²) in [7, 11) is 0. The molecule has 33 heavy (non-hydrogen) atoms. The molecule has 6 rings (SSSR count). The number of nitrogens with one attached hydrogen (secondary N) is 2. The van der Waals surface area contributed by atoms with E-state index < -0.39 is 0 Å². The number of hydrogen-bond donors (Lipinski definition) is 2. The molecule has 2 fully saturated rings. The predicted molar refractivity (Wildman–Crippen MR) is 130 cm³/mol. The van der Waals surface area contributed by atoms with Crippen molar-refractivity contribution in [1.29, 1.82) is 0 Å². The van der Waals surface area contributed by atoms with E-state index in [2.05, 4.69) is 37.5 Å². The Kier molecular flexibility index (Phi) is 4.94. The minimum absolute atomic E-state index is 0.340. The van der Waals surface area contributed by atoms with Crippen LogP contribution in [0.25, 0.3) is 22.2 Å². The number of benzene rings is 1. The maximum Gasteiger partial charge on any atom is 0.128 e. The first-order valence-electron chi connectivity index (χ1n) is 10.9. The summed E-state index contributed by atoms with van der Waals surface area (Å²) in [6.07, 6.45) is 4.69. The van der Waals surface area contributed by atoms with Crippen LogP contribution in [0.3, 0.4) is 0 Å². The second-order valence-corrected chi connectivity index (χ2v) is 9.74. The van der Waals surface area contributed by atoms with Crippen molar-refractivity contribution in [3.05, 3.63) is 64.5 Å². The molecule has 0 aliphatic carbocycles. The van der Waals surface area contributed by atoms with Crippen molar-refractivity contribution in [3.63, 3.8) is 0 Å². The molecular formula is C24H22Cl2N6O. The quantitative estimate of drug-likeness (QED) is 0.423. The van der Waals surface area contributed by atoms with E-state index in [1.54, 1.807) is 12.4 Å². The third kappa shape index (κ3) is 3.60. The number of nitrogens with zero attached hydrogens (tertiary/aromatic N) is 4. The number of halogens is 2. The van der Waals surface area contributed by atoms with Crippen molar-refractivity contribution in [3.8, 4) is 17.0 Å². The second-order valence-electron chi connectivity index (χ2n) is 8.92. The zero-order valence-electron chi connectivity index (χ0n) is 18.0. The van der Waals surface area contributed by atoms with Crippen LogP contribution in [0, 0.1) is 5.41 Å². The molecule has 2 aliphatic rings. The van der Waals surface area contributed by atoms with Gasteiger partial charge in [0.15, 0.2) is 0 Å². The number of fused-ring (bicyclic) bond motifs is 1. The molecule has 4 aromatic rings. The van der Waals surface area contributed by atoms with Gasteiger partial charge in [-0.3, -0.25) is 10.1 Å². The van der Waals surface area contributed by atoms with E-state index in [0.29, 0.717) is 26.8 Å². The first-order valence-corrected chi connectivity index (χ1v) is 11.6. The molecule has 5 heterocycles. The highest BCUT2D eigenvalue weighted by Crippen LogP contribution is 2.38. The Morgan fingerprint density at radius 2 is 1.85 bits per heavy atom. The Morgan fingerprint density at radius 1 is 1.06 bits per heavy atom. The van der Waals surface area contributed by atoms with Crippen LogP contribution >= 0.6 is 23.2 Å². The van der Waals surface area contributed by atoms with E-state index in [1.807, 2.05) is 31.3 Å². The number of hydrogen-bond acceptors (Lipinski definition) is 6. The van der Waals surface area contributed by atoms with Gasteiger partial charge < -0.3 is 15.0 Å². The highest BCUT2D eigenvalue weighted by atomic mass is 35.5. The van der Waals surface area contributed by atoms with E-state index in [1.165, 1.54) is 0 Å². The van der Waals surface area contributed by atoms with Crippen molar-refractivity contribution in [1.82, 2.24) is 25.5 Å². The summed E-state index contributed by atoms with van der Waals surface area (Å²) in [5.74, 6) is 1.71. The lowest BCUT2D eigenvalue weighted by Gasteiger charge is -2.56. The number of H-pyrrole nitrogens is 1. The molecule has 0 radical (unpaired) electrons. The first kappa shape index (κ1) is 20.7. The number of ether oxygens (including phenoxy) is 1. The fourth-order valence-corrected chi connectivity index (χ4v) is 5.37. The number of aromatic nitrogens is 4. The first-order chi connectivity index (χ1) is 16.0. The zero-order chi connectivity index (χ0) is 22.6. The molecule has 9 heteroatoms. The Morgan fingerprint density at radius 3 is 2.52 bits per heavy atom. The van der Waals surface area contributed by atoms with Crippen LogP contribution in [-0.2, 0) is 0 Å². The highest BCUT2D eigenvalue weighted by molar-refractivity contribution is 6.35. The molecule has 3 aromatic heterocycles. The van der Waals surface area contributed by atoms with Gasteiger partial charge in [-0.25, -0.2) is 4.98 Å². The van der Waals surface area contributed by atoms with Gasteiger partial charge >= 0.3 is 0 Å². The van der Waals surface area contributed by atoms with Crippen LogP contribution in [0.4, 0.5) is 5.82 Å². The highest BCUT2D eigenvalue weighted by Gasteiger charge is 2.47. The van der Waals surface area contributed by atoms with E-state index in [-0.39, 0.29) is 6.10 Å². The Labute approximate surface area is 201 Å². The Hall–Kier alpha value is -2.87. The maximum atomic E-state index is 6.29. The van der Waals surface area contributed by atoms with Gasteiger partial charge in [-0.05, 0) is 37.3 Å². The smallest absolute Gasteiger partial charge is 0.128 e. The third-order valence-corrected chi connectivity index (χ3v) is 7.14. The lowest BCUT2D eigenvalue weighted by Crippen LogP contribution is -2.71. The SMILES string of the molecule is C[C@@H](Oc1ccc2[nH]nc(-c3ccc(N4CC5(CNC5)C4)nc3)c2c1)c1c(Cl)cncc1Cl. The van der Waals surface area contributed by atoms with E-state index in [4.69, 9.17) is 32.9 Å². The molecule has 168 valence electrons. The summed E-state index contributed by atoms with van der Waals surface area (Å²) in [5.41, 5.74) is 3.90. The summed E-state index contributed by atoms with van der Waals surface area (Å²) < 4.78 is 6.17. The van der Waals surface area contributed by atoms with Crippen LogP contribution in [0.5, 0.6) is 5.75 Å². The Balaban J connectivity index is 1.24. The van der Waals surface area contributed by atoms with E-state index in [0.717, 1.165) is 54.2 Å². The minimum Gasteiger partial charge on any atom is -0.486 e. The molecule has 1 aromatic carbocycles. The molecular weight excluding hydrogens is 459 g/mol. The number of aromatic amines is 1. The normalized spacial score (nSPS) is 17.6. The van der Waals surface area contributed by atoms with Crippen LogP contribution in [0.1, 0.15) is 18.6 Å². The summed E-state index contributed by atoms with van der Waals surface area (Å²) in [4.78, 5) is 11.0. The summed E-state index contributed by atoms with van der Waals surface area (Å²) in [6, 6.07) is 9.99. The van der Waals surface area contributed by atoms with Crippen LogP contribution < -0.4 is 15.0 Å². The van der Waals surface area contributed by atoms with Crippen molar-refractivity contribution in [2.75, 3.05) is 31.1 Å². The molecule has 0 amide bonds. The van der Waals surface area contributed by atoms with Crippen molar-refractivity contribution >= 4 is 39.9 Å². The molecule has 1 atom stereocenters. The van der Waals surface area contributed by atoms with Gasteiger partial charge in [-0.15, -0.1) is 0 Å². The molecule has 2 N–H and O–H groups in total. The summed E-state index contributed by atoms with van der Waals surface area (Å²) in [6.45, 7) is 6.28.